The highest BCUT2D eigenvalue weighted by molar-refractivity contribution is 5.77. The normalized spacial score (nSPS) is 18.6. The van der Waals surface area contributed by atoms with Crippen molar-refractivity contribution in [2.75, 3.05) is 6.54 Å². The fourth-order valence-electron chi connectivity index (χ4n) is 2.91. The highest BCUT2D eigenvalue weighted by Gasteiger charge is 2.32. The van der Waals surface area contributed by atoms with Crippen molar-refractivity contribution in [2.24, 2.45) is 0 Å². The summed E-state index contributed by atoms with van der Waals surface area (Å²) in [7, 11) is 0. The largest absolute Gasteiger partial charge is 0.416 e. The summed E-state index contributed by atoms with van der Waals surface area (Å²) >= 11 is 0. The fourth-order valence-corrected chi connectivity index (χ4v) is 2.91. The maximum absolute atomic E-state index is 12.8. The minimum atomic E-state index is -4.40. The number of likely N-dealkylation sites (tertiary alicyclic amines) is 1. The number of carbonyl (C=O) groups excluding carboxylic acids is 1. The number of aryl methyl sites for hydroxylation is 1. The third-order valence-electron chi connectivity index (χ3n) is 4.28. The van der Waals surface area contributed by atoms with E-state index in [1.165, 1.54) is 6.07 Å². The Bertz CT molecular complexity index is 758. The average molecular weight is 353 g/mol. The lowest BCUT2D eigenvalue weighted by Gasteiger charge is -2.31. The molecule has 0 spiro atoms. The Morgan fingerprint density at radius 2 is 2.16 bits per heavy atom. The molecule has 0 radical (unpaired) electrons. The molecule has 0 saturated carbocycles. The Morgan fingerprint density at radius 1 is 1.36 bits per heavy atom. The molecule has 1 atom stereocenters. The molecular formula is C17H18F3N3O2. The molecule has 0 aliphatic carbocycles. The van der Waals surface area contributed by atoms with Gasteiger partial charge in [0, 0.05) is 25.9 Å². The molecule has 5 nitrogen and oxygen atoms in total. The minimum Gasteiger partial charge on any atom is -0.339 e. The zero-order valence-corrected chi connectivity index (χ0v) is 13.7. The first-order chi connectivity index (χ1) is 11.9. The van der Waals surface area contributed by atoms with Crippen LogP contribution in [0.5, 0.6) is 0 Å². The Hall–Kier alpha value is -2.38. The summed E-state index contributed by atoms with van der Waals surface area (Å²) < 4.78 is 43.7. The van der Waals surface area contributed by atoms with Gasteiger partial charge in [0.05, 0.1) is 11.5 Å². The second-order valence-electron chi connectivity index (χ2n) is 6.11. The van der Waals surface area contributed by atoms with E-state index in [0.717, 1.165) is 12.1 Å². The number of hydrogen-bond donors (Lipinski definition) is 0. The number of piperidine rings is 1. The van der Waals surface area contributed by atoms with Gasteiger partial charge >= 0.3 is 6.18 Å². The lowest BCUT2D eigenvalue weighted by atomic mass is 9.96. The maximum atomic E-state index is 12.8. The van der Waals surface area contributed by atoms with Crippen molar-refractivity contribution in [3.05, 3.63) is 47.1 Å². The molecule has 1 fully saturated rings. The quantitative estimate of drug-likeness (QED) is 0.843. The number of aromatic nitrogens is 2. The van der Waals surface area contributed by atoms with Gasteiger partial charge in [-0.1, -0.05) is 24.2 Å². The van der Waals surface area contributed by atoms with Crippen molar-refractivity contribution in [3.63, 3.8) is 0 Å². The van der Waals surface area contributed by atoms with Crippen molar-refractivity contribution in [3.8, 4) is 0 Å². The number of benzene rings is 1. The van der Waals surface area contributed by atoms with Gasteiger partial charge in [0.2, 0.25) is 11.8 Å². The standard InChI is InChI=1S/C17H18F3N3O2/c1-2-14-21-16(25-22-14)12-6-7-15(24)23(10-12)9-11-4-3-5-13(8-11)17(18,19)20/h3-5,8,12H,2,6-7,9-10H2,1H3/t12-/m0/s1. The monoisotopic (exact) mass is 353 g/mol. The first-order valence-corrected chi connectivity index (χ1v) is 8.13. The molecule has 134 valence electrons. The Kier molecular flexibility index (Phi) is 4.78. The van der Waals surface area contributed by atoms with Crippen LogP contribution in [0, 0.1) is 0 Å². The number of alkyl halides is 3. The zero-order chi connectivity index (χ0) is 18.0. The summed E-state index contributed by atoms with van der Waals surface area (Å²) in [5.41, 5.74) is -0.265. The number of hydrogen-bond acceptors (Lipinski definition) is 4. The molecule has 2 heterocycles. The Balaban J connectivity index is 1.73. The summed E-state index contributed by atoms with van der Waals surface area (Å²) in [4.78, 5) is 18.0. The van der Waals surface area contributed by atoms with Crippen LogP contribution in [-0.4, -0.2) is 27.5 Å². The van der Waals surface area contributed by atoms with Crippen LogP contribution in [0.4, 0.5) is 13.2 Å². The molecule has 1 aromatic carbocycles. The van der Waals surface area contributed by atoms with Crippen LogP contribution in [0.15, 0.2) is 28.8 Å². The highest BCUT2D eigenvalue weighted by Crippen LogP contribution is 2.31. The molecule has 1 aliphatic rings. The average Bonchev–Trinajstić information content (AvgIpc) is 3.05. The van der Waals surface area contributed by atoms with Crippen LogP contribution < -0.4 is 0 Å². The lowest BCUT2D eigenvalue weighted by molar-refractivity contribution is -0.137. The van der Waals surface area contributed by atoms with E-state index in [2.05, 4.69) is 10.1 Å². The predicted octanol–water partition coefficient (Wildman–Crippen LogP) is 3.56. The number of rotatable bonds is 4. The molecule has 1 amide bonds. The van der Waals surface area contributed by atoms with Crippen molar-refractivity contribution < 1.29 is 22.5 Å². The van der Waals surface area contributed by atoms with E-state index < -0.39 is 11.7 Å². The van der Waals surface area contributed by atoms with Crippen molar-refractivity contribution in [2.45, 2.75) is 44.8 Å². The fraction of sp³-hybridized carbons (Fsp3) is 0.471. The molecule has 1 aliphatic heterocycles. The van der Waals surface area contributed by atoms with Crippen LogP contribution in [0.3, 0.4) is 0 Å². The Morgan fingerprint density at radius 3 is 2.84 bits per heavy atom. The van der Waals surface area contributed by atoms with Gasteiger partial charge in [0.1, 0.15) is 0 Å². The summed E-state index contributed by atoms with van der Waals surface area (Å²) in [6.45, 7) is 2.41. The molecule has 0 bridgehead atoms. The number of carbonyl (C=O) groups is 1. The van der Waals surface area contributed by atoms with Gasteiger partial charge in [-0.05, 0) is 24.1 Å². The lowest BCUT2D eigenvalue weighted by Crippen LogP contribution is -2.38. The van der Waals surface area contributed by atoms with Gasteiger partial charge in [-0.2, -0.15) is 18.2 Å². The second kappa shape index (κ2) is 6.85. The first kappa shape index (κ1) is 17.4. The third-order valence-corrected chi connectivity index (χ3v) is 4.28. The first-order valence-electron chi connectivity index (χ1n) is 8.13. The number of nitrogens with zero attached hydrogens (tertiary/aromatic N) is 3. The van der Waals surface area contributed by atoms with Gasteiger partial charge in [-0.3, -0.25) is 4.79 Å². The predicted molar refractivity (Wildman–Crippen MR) is 82.5 cm³/mol. The molecule has 0 N–H and O–H groups in total. The van der Waals surface area contributed by atoms with Gasteiger partial charge < -0.3 is 9.42 Å². The number of halogens is 3. The van der Waals surface area contributed by atoms with Crippen LogP contribution in [0.2, 0.25) is 0 Å². The van der Waals surface area contributed by atoms with Crippen molar-refractivity contribution in [1.29, 1.82) is 0 Å². The SMILES string of the molecule is CCc1noc([C@H]2CCC(=O)N(Cc3cccc(C(F)(F)F)c3)C2)n1. The molecular weight excluding hydrogens is 335 g/mol. The van der Waals surface area contributed by atoms with Crippen molar-refractivity contribution >= 4 is 5.91 Å². The molecule has 3 rings (SSSR count). The second-order valence-corrected chi connectivity index (χ2v) is 6.11. The summed E-state index contributed by atoms with van der Waals surface area (Å²) in [6.07, 6.45) is -2.83. The molecule has 0 unspecified atom stereocenters. The van der Waals surface area contributed by atoms with Gasteiger partial charge in [0.15, 0.2) is 5.82 Å². The van der Waals surface area contributed by atoms with E-state index in [1.54, 1.807) is 11.0 Å². The van der Waals surface area contributed by atoms with Crippen molar-refractivity contribution in [1.82, 2.24) is 15.0 Å². The Labute approximate surface area is 142 Å². The minimum absolute atomic E-state index is 0.0797. The molecule has 2 aromatic rings. The van der Waals surface area contributed by atoms with Crippen LogP contribution in [0.1, 0.15) is 48.5 Å². The number of amides is 1. The van der Waals surface area contributed by atoms with Crippen LogP contribution in [0.25, 0.3) is 0 Å². The van der Waals surface area contributed by atoms with E-state index in [-0.39, 0.29) is 18.4 Å². The van der Waals surface area contributed by atoms with E-state index in [0.29, 0.717) is 43.1 Å². The van der Waals surface area contributed by atoms with Gasteiger partial charge in [-0.25, -0.2) is 0 Å². The molecule has 8 heteroatoms. The van der Waals surface area contributed by atoms with E-state index in [9.17, 15) is 18.0 Å². The summed E-state index contributed by atoms with van der Waals surface area (Å²) in [5.74, 6) is 0.926. The smallest absolute Gasteiger partial charge is 0.339 e. The van der Waals surface area contributed by atoms with Gasteiger partial charge in [-0.15, -0.1) is 0 Å². The molecule has 1 saturated heterocycles. The summed E-state index contributed by atoms with van der Waals surface area (Å²) in [5, 5.41) is 3.86. The molecule has 1 aromatic heterocycles. The maximum Gasteiger partial charge on any atom is 0.416 e. The van der Waals surface area contributed by atoms with Crippen LogP contribution in [-0.2, 0) is 23.9 Å². The third kappa shape index (κ3) is 4.00. The highest BCUT2D eigenvalue weighted by atomic mass is 19.4. The summed E-state index contributed by atoms with van der Waals surface area (Å²) in [6, 6.07) is 5.05. The molecule has 25 heavy (non-hydrogen) atoms. The van der Waals surface area contributed by atoms with E-state index in [4.69, 9.17) is 4.52 Å². The topological polar surface area (TPSA) is 59.2 Å². The zero-order valence-electron chi connectivity index (χ0n) is 13.7. The van der Waals surface area contributed by atoms with Crippen LogP contribution >= 0.6 is 0 Å². The van der Waals surface area contributed by atoms with E-state index in [1.807, 2.05) is 6.92 Å². The van der Waals surface area contributed by atoms with E-state index >= 15 is 0 Å². The van der Waals surface area contributed by atoms with Gasteiger partial charge in [0.25, 0.3) is 0 Å².